The molecule has 0 aliphatic carbocycles. The Labute approximate surface area is 107 Å². The van der Waals surface area contributed by atoms with Crippen LogP contribution in [0.3, 0.4) is 0 Å². The van der Waals surface area contributed by atoms with E-state index in [0.717, 1.165) is 24.0 Å². The molecular weight excluding hydrogens is 228 g/mol. The molecule has 1 N–H and O–H groups in total. The molecule has 0 saturated carbocycles. The second kappa shape index (κ2) is 6.38. The van der Waals surface area contributed by atoms with Crippen molar-refractivity contribution >= 4 is 10.8 Å². The van der Waals surface area contributed by atoms with Gasteiger partial charge in [-0.2, -0.15) is 0 Å². The average Bonchev–Trinajstić information content (AvgIpc) is 2.42. The number of ether oxygens (including phenoxy) is 2. The molecule has 0 heterocycles. The molecule has 0 aliphatic rings. The Kier molecular flexibility index (Phi) is 4.56. The summed E-state index contributed by atoms with van der Waals surface area (Å²) in [6.45, 7) is 0.468. The van der Waals surface area contributed by atoms with Gasteiger partial charge in [0.1, 0.15) is 5.75 Å². The molecule has 3 heteroatoms. The van der Waals surface area contributed by atoms with Crippen molar-refractivity contribution in [2.24, 2.45) is 0 Å². The number of aliphatic hydroxyl groups is 1. The van der Waals surface area contributed by atoms with Gasteiger partial charge in [-0.1, -0.05) is 30.3 Å². The van der Waals surface area contributed by atoms with Crippen molar-refractivity contribution in [1.29, 1.82) is 0 Å². The van der Waals surface area contributed by atoms with Gasteiger partial charge in [0.15, 0.2) is 6.79 Å². The summed E-state index contributed by atoms with van der Waals surface area (Å²) in [5.74, 6) is 0.834. The largest absolute Gasteiger partial charge is 0.467 e. The van der Waals surface area contributed by atoms with E-state index in [2.05, 4.69) is 12.1 Å². The summed E-state index contributed by atoms with van der Waals surface area (Å²) in [5.41, 5.74) is 1.24. The van der Waals surface area contributed by atoms with E-state index >= 15 is 0 Å². The summed E-state index contributed by atoms with van der Waals surface area (Å²) >= 11 is 0. The zero-order chi connectivity index (χ0) is 12.8. The van der Waals surface area contributed by atoms with Crippen molar-refractivity contribution in [3.63, 3.8) is 0 Å². The van der Waals surface area contributed by atoms with E-state index in [1.165, 1.54) is 10.9 Å². The number of aryl methyl sites for hydroxylation is 1. The van der Waals surface area contributed by atoms with Crippen molar-refractivity contribution < 1.29 is 14.6 Å². The number of benzene rings is 2. The summed E-state index contributed by atoms with van der Waals surface area (Å²) in [5, 5.41) is 11.2. The maximum absolute atomic E-state index is 8.93. The number of aliphatic hydroxyl groups excluding tert-OH is 1. The van der Waals surface area contributed by atoms with Crippen LogP contribution in [0.5, 0.6) is 5.75 Å². The quantitative estimate of drug-likeness (QED) is 0.796. The van der Waals surface area contributed by atoms with Gasteiger partial charge in [0.25, 0.3) is 0 Å². The van der Waals surface area contributed by atoms with Crippen LogP contribution in [0.4, 0.5) is 0 Å². The van der Waals surface area contributed by atoms with E-state index in [4.69, 9.17) is 14.6 Å². The maximum Gasteiger partial charge on any atom is 0.188 e. The molecule has 0 radical (unpaired) electrons. The van der Waals surface area contributed by atoms with Crippen LogP contribution < -0.4 is 4.74 Å². The molecule has 2 rings (SSSR count). The second-order valence-corrected chi connectivity index (χ2v) is 4.15. The fourth-order valence-electron chi connectivity index (χ4n) is 2.08. The minimum atomic E-state index is 0.219. The predicted octanol–water partition coefficient (Wildman–Crippen LogP) is 2.75. The summed E-state index contributed by atoms with van der Waals surface area (Å²) in [6.07, 6.45) is 1.66. The summed E-state index contributed by atoms with van der Waals surface area (Å²) in [4.78, 5) is 0. The number of rotatable bonds is 6. The number of hydrogen-bond donors (Lipinski definition) is 1. The molecule has 18 heavy (non-hydrogen) atoms. The fraction of sp³-hybridized carbons (Fsp3) is 0.333. The van der Waals surface area contributed by atoms with Crippen LogP contribution >= 0.6 is 0 Å². The van der Waals surface area contributed by atoms with E-state index in [9.17, 15) is 0 Å². The molecule has 0 saturated heterocycles. The van der Waals surface area contributed by atoms with Gasteiger partial charge in [-0.05, 0) is 29.9 Å². The Balaban J connectivity index is 2.37. The highest BCUT2D eigenvalue weighted by atomic mass is 16.7. The minimum Gasteiger partial charge on any atom is -0.467 e. The zero-order valence-electron chi connectivity index (χ0n) is 10.6. The predicted molar refractivity (Wildman–Crippen MR) is 71.9 cm³/mol. The molecule has 0 aliphatic heterocycles. The topological polar surface area (TPSA) is 38.7 Å². The van der Waals surface area contributed by atoms with Gasteiger partial charge in [-0.3, -0.25) is 0 Å². The minimum absolute atomic E-state index is 0.219. The molecule has 0 aromatic heterocycles. The Bertz CT molecular complexity index is 461. The van der Waals surface area contributed by atoms with Crippen molar-refractivity contribution in [1.82, 2.24) is 0 Å². The maximum atomic E-state index is 8.93. The van der Waals surface area contributed by atoms with Crippen LogP contribution in [-0.2, 0) is 11.2 Å². The second-order valence-electron chi connectivity index (χ2n) is 4.15. The fourth-order valence-corrected chi connectivity index (χ4v) is 2.08. The van der Waals surface area contributed by atoms with E-state index in [0.29, 0.717) is 0 Å². The van der Waals surface area contributed by atoms with E-state index in [1.807, 2.05) is 24.3 Å². The first-order valence-corrected chi connectivity index (χ1v) is 6.10. The van der Waals surface area contributed by atoms with Crippen molar-refractivity contribution in [2.45, 2.75) is 12.8 Å². The molecule has 0 atom stereocenters. The third kappa shape index (κ3) is 2.81. The van der Waals surface area contributed by atoms with Gasteiger partial charge in [0.2, 0.25) is 0 Å². The Morgan fingerprint density at radius 3 is 2.61 bits per heavy atom. The van der Waals surface area contributed by atoms with Gasteiger partial charge >= 0.3 is 0 Å². The molecule has 0 fully saturated rings. The molecule has 0 amide bonds. The number of fused-ring (bicyclic) bond motifs is 1. The van der Waals surface area contributed by atoms with Gasteiger partial charge < -0.3 is 14.6 Å². The van der Waals surface area contributed by atoms with Crippen LogP contribution in [0.15, 0.2) is 36.4 Å². The Hall–Kier alpha value is -1.58. The first kappa shape index (κ1) is 12.9. The average molecular weight is 246 g/mol. The molecule has 0 unspecified atom stereocenters. The Morgan fingerprint density at radius 2 is 1.83 bits per heavy atom. The lowest BCUT2D eigenvalue weighted by Gasteiger charge is -2.11. The summed E-state index contributed by atoms with van der Waals surface area (Å²) in [6, 6.07) is 12.2. The lowest BCUT2D eigenvalue weighted by atomic mass is 10.0. The highest BCUT2D eigenvalue weighted by Gasteiger charge is 2.05. The van der Waals surface area contributed by atoms with Crippen LogP contribution in [0.2, 0.25) is 0 Å². The van der Waals surface area contributed by atoms with Gasteiger partial charge in [0.05, 0.1) is 0 Å². The summed E-state index contributed by atoms with van der Waals surface area (Å²) < 4.78 is 10.5. The van der Waals surface area contributed by atoms with Crippen LogP contribution in [0.1, 0.15) is 12.0 Å². The van der Waals surface area contributed by atoms with E-state index in [1.54, 1.807) is 7.11 Å². The van der Waals surface area contributed by atoms with E-state index in [-0.39, 0.29) is 13.4 Å². The van der Waals surface area contributed by atoms with Crippen LogP contribution in [-0.4, -0.2) is 25.6 Å². The molecular formula is C15H18O3. The van der Waals surface area contributed by atoms with Gasteiger partial charge in [-0.25, -0.2) is 0 Å². The third-order valence-electron chi connectivity index (χ3n) is 2.91. The first-order chi connectivity index (χ1) is 8.86. The third-order valence-corrected chi connectivity index (χ3v) is 2.91. The van der Waals surface area contributed by atoms with Gasteiger partial charge in [0, 0.05) is 19.1 Å². The monoisotopic (exact) mass is 246 g/mol. The zero-order valence-corrected chi connectivity index (χ0v) is 10.6. The van der Waals surface area contributed by atoms with Crippen molar-refractivity contribution in [3.05, 3.63) is 42.0 Å². The van der Waals surface area contributed by atoms with Crippen molar-refractivity contribution in [3.8, 4) is 5.75 Å². The molecule has 2 aromatic rings. The lowest BCUT2D eigenvalue weighted by Crippen LogP contribution is -1.99. The molecule has 3 nitrogen and oxygen atoms in total. The highest BCUT2D eigenvalue weighted by molar-refractivity contribution is 5.90. The smallest absolute Gasteiger partial charge is 0.188 e. The molecule has 96 valence electrons. The standard InChI is InChI=1S/C15H18O3/c1-17-11-18-15-9-3-7-13-12(6-4-10-16)5-2-8-14(13)15/h2-3,5,7-9,16H,4,6,10-11H2,1H3. The van der Waals surface area contributed by atoms with Gasteiger partial charge in [-0.15, -0.1) is 0 Å². The summed E-state index contributed by atoms with van der Waals surface area (Å²) in [7, 11) is 1.61. The van der Waals surface area contributed by atoms with Crippen LogP contribution in [0, 0.1) is 0 Å². The normalized spacial score (nSPS) is 10.8. The molecule has 0 spiro atoms. The number of methoxy groups -OCH3 is 1. The molecule has 0 bridgehead atoms. The van der Waals surface area contributed by atoms with E-state index < -0.39 is 0 Å². The highest BCUT2D eigenvalue weighted by Crippen LogP contribution is 2.28. The van der Waals surface area contributed by atoms with Crippen molar-refractivity contribution in [2.75, 3.05) is 20.5 Å². The number of hydrogen-bond acceptors (Lipinski definition) is 3. The Morgan fingerprint density at radius 1 is 1.06 bits per heavy atom. The lowest BCUT2D eigenvalue weighted by molar-refractivity contribution is 0.0522. The molecule has 2 aromatic carbocycles. The SMILES string of the molecule is COCOc1cccc2c(CCCO)cccc12. The van der Waals surface area contributed by atoms with Crippen LogP contribution in [0.25, 0.3) is 10.8 Å². The first-order valence-electron chi connectivity index (χ1n) is 6.10.